The number of hydrogen-bond acceptors (Lipinski definition) is 7. The van der Waals surface area contributed by atoms with E-state index >= 15 is 0 Å². The Labute approximate surface area is 215 Å². The summed E-state index contributed by atoms with van der Waals surface area (Å²) in [5, 5.41) is 10.1. The van der Waals surface area contributed by atoms with Gasteiger partial charge in [0.1, 0.15) is 11.8 Å². The highest BCUT2D eigenvalue weighted by Crippen LogP contribution is 2.65. The molecule has 4 aliphatic heterocycles. The molecular weight excluding hydrogens is 480 g/mol. The first-order chi connectivity index (χ1) is 17.3. The lowest BCUT2D eigenvalue weighted by Crippen LogP contribution is -2.56. The number of ether oxygens (including phenoxy) is 2. The number of amides is 2. The third kappa shape index (κ3) is 3.66. The topological polar surface area (TPSA) is 96.4 Å². The Bertz CT molecular complexity index is 1120. The highest BCUT2D eigenvalue weighted by atomic mass is 32.2. The van der Waals surface area contributed by atoms with E-state index in [0.717, 1.165) is 12.8 Å². The van der Waals surface area contributed by atoms with Crippen LogP contribution in [0.3, 0.4) is 0 Å². The fourth-order valence-corrected chi connectivity index (χ4v) is 8.27. The molecule has 2 fully saturated rings. The number of carbonyl (C=O) groups excluding carboxylic acids is 3. The number of fused-ring (bicyclic) bond motifs is 2. The number of aliphatic hydroxyl groups is 1. The normalized spacial score (nSPS) is 35.6. The maximum absolute atomic E-state index is 14.3. The first-order valence-electron chi connectivity index (χ1n) is 12.4. The van der Waals surface area contributed by atoms with Crippen LogP contribution in [0.25, 0.3) is 0 Å². The van der Waals surface area contributed by atoms with Crippen molar-refractivity contribution in [2.24, 2.45) is 11.8 Å². The minimum atomic E-state index is -0.971. The number of nitrogens with zero attached hydrogens (tertiary/aromatic N) is 2. The lowest BCUT2D eigenvalue weighted by atomic mass is 9.74. The summed E-state index contributed by atoms with van der Waals surface area (Å²) in [6.45, 7) is 4.04. The predicted octanol–water partition coefficient (Wildman–Crippen LogP) is 2.56. The van der Waals surface area contributed by atoms with Gasteiger partial charge in [-0.3, -0.25) is 14.4 Å². The fraction of sp³-hybridized carbons (Fsp3) is 0.519. The number of hydrogen-bond donors (Lipinski definition) is 1. The van der Waals surface area contributed by atoms with Crippen LogP contribution in [0.5, 0.6) is 5.75 Å². The Morgan fingerprint density at radius 3 is 2.58 bits per heavy atom. The molecule has 8 nitrogen and oxygen atoms in total. The van der Waals surface area contributed by atoms with Gasteiger partial charge in [0.05, 0.1) is 42.9 Å². The molecule has 0 saturated carbocycles. The summed E-state index contributed by atoms with van der Waals surface area (Å²) in [6, 6.07) is 5.75. The van der Waals surface area contributed by atoms with E-state index in [1.165, 1.54) is 16.7 Å². The second-order valence-corrected chi connectivity index (χ2v) is 11.8. The van der Waals surface area contributed by atoms with Gasteiger partial charge in [-0.1, -0.05) is 24.3 Å². The van der Waals surface area contributed by atoms with Gasteiger partial charge in [-0.2, -0.15) is 0 Å². The number of methoxy groups -OCH3 is 1. The average molecular weight is 513 g/mol. The Kier molecular flexibility index (Phi) is 6.41. The maximum Gasteiger partial charge on any atom is 0.311 e. The molecule has 1 spiro atoms. The molecule has 9 heteroatoms. The van der Waals surface area contributed by atoms with Crippen molar-refractivity contribution in [2.45, 2.75) is 48.3 Å². The number of esters is 1. The molecule has 4 heterocycles. The highest BCUT2D eigenvalue weighted by molar-refractivity contribution is 8.02. The molecule has 0 aliphatic carbocycles. The molecule has 2 saturated heterocycles. The molecule has 1 unspecified atom stereocenters. The van der Waals surface area contributed by atoms with E-state index in [2.05, 4.69) is 6.08 Å². The zero-order chi connectivity index (χ0) is 25.7. The van der Waals surface area contributed by atoms with Gasteiger partial charge in [0.15, 0.2) is 0 Å². The van der Waals surface area contributed by atoms with Gasteiger partial charge in [0, 0.05) is 17.0 Å². The molecule has 0 bridgehead atoms. The zero-order valence-electron chi connectivity index (χ0n) is 20.8. The lowest BCUT2D eigenvalue weighted by molar-refractivity contribution is -0.154. The lowest BCUT2D eigenvalue weighted by Gasteiger charge is -2.38. The van der Waals surface area contributed by atoms with E-state index in [4.69, 9.17) is 9.47 Å². The third-order valence-corrected chi connectivity index (χ3v) is 9.61. The zero-order valence-corrected chi connectivity index (χ0v) is 21.6. The van der Waals surface area contributed by atoms with Crippen molar-refractivity contribution in [1.29, 1.82) is 0 Å². The van der Waals surface area contributed by atoms with E-state index in [-0.39, 0.29) is 18.4 Å². The van der Waals surface area contributed by atoms with Crippen LogP contribution in [-0.2, 0) is 19.1 Å². The number of likely N-dealkylation sites (tertiary alicyclic amines) is 1. The Balaban J connectivity index is 1.64. The molecule has 36 heavy (non-hydrogen) atoms. The molecule has 1 aromatic rings. The van der Waals surface area contributed by atoms with E-state index in [9.17, 15) is 19.5 Å². The monoisotopic (exact) mass is 512 g/mol. The van der Waals surface area contributed by atoms with Gasteiger partial charge in [0.25, 0.3) is 5.91 Å². The highest BCUT2D eigenvalue weighted by Gasteiger charge is 2.74. The number of anilines is 1. The summed E-state index contributed by atoms with van der Waals surface area (Å²) in [6.07, 6.45) is 9.47. The van der Waals surface area contributed by atoms with Crippen LogP contribution in [0.1, 0.15) is 26.7 Å². The summed E-state index contributed by atoms with van der Waals surface area (Å²) < 4.78 is 9.20. The summed E-state index contributed by atoms with van der Waals surface area (Å²) in [5.41, 5.74) is 0.686. The van der Waals surface area contributed by atoms with Gasteiger partial charge < -0.3 is 24.4 Å². The Morgan fingerprint density at radius 2 is 1.89 bits per heavy atom. The van der Waals surface area contributed by atoms with Gasteiger partial charge in [-0.05, 0) is 51.0 Å². The van der Waals surface area contributed by atoms with Gasteiger partial charge in [0.2, 0.25) is 5.91 Å². The van der Waals surface area contributed by atoms with Crippen molar-refractivity contribution in [3.8, 4) is 5.75 Å². The van der Waals surface area contributed by atoms with Crippen molar-refractivity contribution in [1.82, 2.24) is 4.90 Å². The Morgan fingerprint density at radius 1 is 1.14 bits per heavy atom. The van der Waals surface area contributed by atoms with Crippen LogP contribution in [0.2, 0.25) is 0 Å². The Hall–Kier alpha value is -2.78. The van der Waals surface area contributed by atoms with E-state index in [1.807, 2.05) is 37.3 Å². The van der Waals surface area contributed by atoms with E-state index in [1.54, 1.807) is 31.1 Å². The van der Waals surface area contributed by atoms with Crippen LogP contribution in [0.4, 0.5) is 5.69 Å². The molecule has 2 amide bonds. The summed E-state index contributed by atoms with van der Waals surface area (Å²) >= 11 is 1.50. The minimum absolute atomic E-state index is 0.235. The quantitative estimate of drug-likeness (QED) is 0.489. The van der Waals surface area contributed by atoms with Gasteiger partial charge >= 0.3 is 5.97 Å². The number of cyclic esters (lactones) is 1. The van der Waals surface area contributed by atoms with E-state index < -0.39 is 39.4 Å². The predicted molar refractivity (Wildman–Crippen MR) is 137 cm³/mol. The van der Waals surface area contributed by atoms with Crippen molar-refractivity contribution in [3.05, 3.63) is 48.6 Å². The van der Waals surface area contributed by atoms with Crippen LogP contribution in [0.15, 0.2) is 48.6 Å². The third-order valence-electron chi connectivity index (χ3n) is 7.81. The van der Waals surface area contributed by atoms with Crippen molar-refractivity contribution >= 4 is 35.2 Å². The fourth-order valence-electron chi connectivity index (χ4n) is 6.13. The molecule has 1 aromatic carbocycles. The van der Waals surface area contributed by atoms with E-state index in [0.29, 0.717) is 24.6 Å². The minimum Gasteiger partial charge on any atom is -0.497 e. The number of carbonyl (C=O) groups is 3. The summed E-state index contributed by atoms with van der Waals surface area (Å²) in [4.78, 5) is 45.0. The number of thioether (sulfide) groups is 1. The molecule has 0 radical (unpaired) electrons. The van der Waals surface area contributed by atoms with Crippen molar-refractivity contribution < 1.29 is 29.0 Å². The van der Waals surface area contributed by atoms with Crippen LogP contribution >= 0.6 is 11.8 Å². The molecule has 0 aromatic heterocycles. The number of rotatable bonds is 4. The van der Waals surface area contributed by atoms with Crippen LogP contribution in [-0.4, -0.2) is 76.2 Å². The molecule has 4 aliphatic rings. The second-order valence-electron chi connectivity index (χ2n) is 10.0. The smallest absolute Gasteiger partial charge is 0.311 e. The standard InChI is InChI=1S/C27H32N2O6S/c1-17(16-30)29-22-24(32)28(18-8-10-19(34-3)11-9-18)14-7-13-27(22)20(23(29)31)21-25(33)35-15-6-4-5-12-26(21,2)36-27/h5,7-13,17,20-22,30H,4,6,14-16H2,1-3H3/b12-5-/t17-,20+,21-,22?,26+,27+/m1/s1. The van der Waals surface area contributed by atoms with Crippen LogP contribution < -0.4 is 9.64 Å². The SMILES string of the molecule is COc1ccc(N2CC=C[C@]34S[C@@]5(C)/C=C\CCCOC(=O)[C@H]5[C@H]3C(=O)N([C@H](C)CO)C4C2=O)cc1. The van der Waals surface area contributed by atoms with Crippen LogP contribution in [0, 0.1) is 11.8 Å². The number of allylic oxidation sites excluding steroid dienone is 1. The second kappa shape index (κ2) is 9.27. The molecule has 192 valence electrons. The van der Waals surface area contributed by atoms with Gasteiger partial charge in [-0.15, -0.1) is 11.8 Å². The molecular formula is C27H32N2O6S. The molecule has 1 N–H and O–H groups in total. The first kappa shape index (κ1) is 24.9. The van der Waals surface area contributed by atoms with Gasteiger partial charge in [-0.25, -0.2) is 0 Å². The largest absolute Gasteiger partial charge is 0.497 e. The number of aliphatic hydroxyl groups excluding tert-OH is 1. The summed E-state index contributed by atoms with van der Waals surface area (Å²) in [5.74, 6) is -1.77. The first-order valence-corrected chi connectivity index (χ1v) is 13.2. The maximum atomic E-state index is 14.3. The number of benzene rings is 1. The molecule has 5 rings (SSSR count). The molecule has 6 atom stereocenters. The van der Waals surface area contributed by atoms with Crippen molar-refractivity contribution in [2.75, 3.05) is 31.8 Å². The summed E-state index contributed by atoms with van der Waals surface area (Å²) in [7, 11) is 1.58. The van der Waals surface area contributed by atoms with Crippen molar-refractivity contribution in [3.63, 3.8) is 0 Å². The average Bonchev–Trinajstić information content (AvgIpc) is 3.23.